The SMILES string of the molecule is C[C@H]1[C@H]2C(=O)c3ccc(OS(=O)(=O)C(F)(F)F)cc3[C@]1(C)CCN2CC1CC1. The molecule has 3 aliphatic rings. The lowest BCUT2D eigenvalue weighted by Gasteiger charge is -2.53. The van der Waals surface area contributed by atoms with E-state index < -0.39 is 26.8 Å². The van der Waals surface area contributed by atoms with E-state index in [0.29, 0.717) is 17.0 Å². The quantitative estimate of drug-likeness (QED) is 0.554. The Hall–Kier alpha value is -1.61. The van der Waals surface area contributed by atoms with E-state index in [9.17, 15) is 26.4 Å². The number of Topliss-reactive ketones (excluding diaryl/α,β-unsaturated/α-hetero) is 1. The molecule has 1 aromatic rings. The van der Waals surface area contributed by atoms with Gasteiger partial charge in [0.15, 0.2) is 5.78 Å². The fraction of sp³-hybridized carbons (Fsp3) is 0.632. The molecule has 1 aromatic carbocycles. The van der Waals surface area contributed by atoms with E-state index in [4.69, 9.17) is 0 Å². The Morgan fingerprint density at radius 1 is 1.29 bits per heavy atom. The van der Waals surface area contributed by atoms with Crippen molar-refractivity contribution in [3.63, 3.8) is 0 Å². The molecule has 3 atom stereocenters. The summed E-state index contributed by atoms with van der Waals surface area (Å²) in [4.78, 5) is 15.4. The Balaban J connectivity index is 1.71. The van der Waals surface area contributed by atoms with Crippen LogP contribution in [-0.2, 0) is 15.5 Å². The Bertz CT molecular complexity index is 926. The van der Waals surface area contributed by atoms with Crippen LogP contribution in [0, 0.1) is 11.8 Å². The molecular weight excluding hydrogens is 395 g/mol. The molecule has 0 amide bonds. The average molecular weight is 417 g/mol. The van der Waals surface area contributed by atoms with Crippen molar-refractivity contribution in [1.82, 2.24) is 4.90 Å². The fourth-order valence-corrected chi connectivity index (χ4v) is 5.06. The minimum Gasteiger partial charge on any atom is -0.376 e. The molecule has 0 unspecified atom stereocenters. The van der Waals surface area contributed by atoms with Gasteiger partial charge in [0, 0.05) is 12.1 Å². The summed E-state index contributed by atoms with van der Waals surface area (Å²) in [7, 11) is -5.75. The van der Waals surface area contributed by atoms with Crippen molar-refractivity contribution >= 4 is 15.9 Å². The Morgan fingerprint density at radius 3 is 2.57 bits per heavy atom. The highest BCUT2D eigenvalue weighted by molar-refractivity contribution is 7.88. The first-order chi connectivity index (χ1) is 12.9. The van der Waals surface area contributed by atoms with Gasteiger partial charge in [0.25, 0.3) is 0 Å². The second-order valence-corrected chi connectivity index (χ2v) is 9.93. The molecule has 2 aliphatic carbocycles. The number of rotatable bonds is 4. The van der Waals surface area contributed by atoms with Gasteiger partial charge < -0.3 is 4.18 Å². The van der Waals surface area contributed by atoms with Gasteiger partial charge in [0.2, 0.25) is 0 Å². The first-order valence-corrected chi connectivity index (χ1v) is 10.8. The summed E-state index contributed by atoms with van der Waals surface area (Å²) >= 11 is 0. The van der Waals surface area contributed by atoms with Crippen molar-refractivity contribution in [2.75, 3.05) is 13.1 Å². The number of halogens is 3. The van der Waals surface area contributed by atoms with Crippen LogP contribution in [0.4, 0.5) is 13.2 Å². The lowest BCUT2D eigenvalue weighted by Crippen LogP contribution is -2.61. The molecule has 0 spiro atoms. The topological polar surface area (TPSA) is 63.7 Å². The Labute approximate surface area is 162 Å². The Morgan fingerprint density at radius 2 is 1.96 bits per heavy atom. The van der Waals surface area contributed by atoms with Crippen LogP contribution < -0.4 is 4.18 Å². The van der Waals surface area contributed by atoms with E-state index in [1.807, 2.05) is 13.8 Å². The van der Waals surface area contributed by atoms with Crippen LogP contribution in [0.15, 0.2) is 18.2 Å². The highest BCUT2D eigenvalue weighted by atomic mass is 32.2. The molecule has 4 rings (SSSR count). The van der Waals surface area contributed by atoms with Crippen molar-refractivity contribution in [3.05, 3.63) is 29.3 Å². The average Bonchev–Trinajstić information content (AvgIpc) is 3.40. The minimum atomic E-state index is -5.75. The summed E-state index contributed by atoms with van der Waals surface area (Å²) in [6.45, 7) is 5.62. The van der Waals surface area contributed by atoms with E-state index in [1.54, 1.807) is 0 Å². The number of hydrogen-bond donors (Lipinski definition) is 0. The fourth-order valence-electron chi connectivity index (χ4n) is 4.61. The van der Waals surface area contributed by atoms with E-state index in [-0.39, 0.29) is 17.7 Å². The summed E-state index contributed by atoms with van der Waals surface area (Å²) < 4.78 is 64.9. The zero-order valence-corrected chi connectivity index (χ0v) is 16.4. The van der Waals surface area contributed by atoms with Crippen LogP contribution >= 0.6 is 0 Å². The molecule has 1 aliphatic heterocycles. The number of alkyl halides is 3. The standard InChI is InChI=1S/C19H22F3NO4S/c1-11-16-17(24)14-6-5-13(27-28(25,26)19(20,21)22)9-15(14)18(11,2)7-8-23(16)10-12-3-4-12/h5-6,9,11-12,16H,3-4,7-8,10H2,1-2H3/t11-,16-,18+/m0/s1. The van der Waals surface area contributed by atoms with Crippen LogP contribution in [0.25, 0.3) is 0 Å². The lowest BCUT2D eigenvalue weighted by atomic mass is 9.58. The maximum atomic E-state index is 13.2. The number of carbonyl (C=O) groups excluding carboxylic acids is 1. The minimum absolute atomic E-state index is 0.0329. The number of nitrogens with zero attached hydrogens (tertiary/aromatic N) is 1. The molecule has 0 N–H and O–H groups in total. The maximum absolute atomic E-state index is 13.2. The third-order valence-electron chi connectivity index (χ3n) is 6.61. The van der Waals surface area contributed by atoms with Gasteiger partial charge in [0.05, 0.1) is 6.04 Å². The van der Waals surface area contributed by atoms with E-state index in [1.165, 1.54) is 25.0 Å². The van der Waals surface area contributed by atoms with Crippen molar-refractivity contribution in [3.8, 4) is 5.75 Å². The summed E-state index contributed by atoms with van der Waals surface area (Å²) in [6.07, 6.45) is 3.12. The molecule has 154 valence electrons. The molecule has 1 saturated carbocycles. The smallest absolute Gasteiger partial charge is 0.376 e. The highest BCUT2D eigenvalue weighted by Gasteiger charge is 2.53. The van der Waals surface area contributed by atoms with Crippen molar-refractivity contribution in [1.29, 1.82) is 0 Å². The summed E-state index contributed by atoms with van der Waals surface area (Å²) in [5.41, 5.74) is -4.92. The normalized spacial score (nSPS) is 30.8. The molecular formula is C19H22F3NO4S. The molecule has 1 heterocycles. The molecule has 2 fully saturated rings. The molecule has 9 heteroatoms. The zero-order valence-electron chi connectivity index (χ0n) is 15.6. The number of fused-ring (bicyclic) bond motifs is 4. The monoisotopic (exact) mass is 417 g/mol. The van der Waals surface area contributed by atoms with Crippen molar-refractivity contribution in [2.45, 2.75) is 50.1 Å². The van der Waals surface area contributed by atoms with Gasteiger partial charge in [-0.1, -0.05) is 13.8 Å². The Kier molecular flexibility index (Phi) is 4.36. The van der Waals surface area contributed by atoms with Gasteiger partial charge in [-0.05, 0) is 66.8 Å². The number of piperidine rings is 1. The van der Waals surface area contributed by atoms with Crippen LogP contribution in [0.2, 0.25) is 0 Å². The largest absolute Gasteiger partial charge is 0.534 e. The van der Waals surface area contributed by atoms with Gasteiger partial charge in [-0.2, -0.15) is 21.6 Å². The first-order valence-electron chi connectivity index (χ1n) is 9.37. The van der Waals surface area contributed by atoms with Gasteiger partial charge in [-0.3, -0.25) is 9.69 Å². The van der Waals surface area contributed by atoms with Gasteiger partial charge in [-0.15, -0.1) is 0 Å². The number of likely N-dealkylation sites (tertiary alicyclic amines) is 1. The molecule has 28 heavy (non-hydrogen) atoms. The second kappa shape index (κ2) is 6.19. The summed E-state index contributed by atoms with van der Waals surface area (Å²) in [5.74, 6) is 0.144. The number of benzene rings is 1. The van der Waals surface area contributed by atoms with E-state index in [2.05, 4.69) is 9.08 Å². The number of hydrogen-bond acceptors (Lipinski definition) is 5. The molecule has 2 bridgehead atoms. The van der Waals surface area contributed by atoms with Crippen LogP contribution in [0.1, 0.15) is 49.0 Å². The molecule has 1 saturated heterocycles. The third kappa shape index (κ3) is 3.03. The maximum Gasteiger partial charge on any atom is 0.534 e. The van der Waals surface area contributed by atoms with Crippen LogP contribution in [-0.4, -0.2) is 43.7 Å². The second-order valence-electron chi connectivity index (χ2n) is 8.39. The van der Waals surface area contributed by atoms with Crippen molar-refractivity contribution < 1.29 is 30.6 Å². The van der Waals surface area contributed by atoms with E-state index >= 15 is 0 Å². The number of carbonyl (C=O) groups is 1. The summed E-state index contributed by atoms with van der Waals surface area (Å²) in [5, 5.41) is 0. The third-order valence-corrected chi connectivity index (χ3v) is 7.59. The molecule has 0 radical (unpaired) electrons. The van der Waals surface area contributed by atoms with Crippen molar-refractivity contribution in [2.24, 2.45) is 11.8 Å². The predicted octanol–water partition coefficient (Wildman–Crippen LogP) is 3.49. The predicted molar refractivity (Wildman–Crippen MR) is 95.6 cm³/mol. The van der Waals surface area contributed by atoms with Gasteiger partial charge >= 0.3 is 15.6 Å². The van der Waals surface area contributed by atoms with Crippen LogP contribution in [0.5, 0.6) is 5.75 Å². The highest BCUT2D eigenvalue weighted by Crippen LogP contribution is 2.50. The van der Waals surface area contributed by atoms with Gasteiger partial charge in [0.1, 0.15) is 5.75 Å². The number of ketones is 1. The zero-order chi connectivity index (χ0) is 20.5. The summed E-state index contributed by atoms with van der Waals surface area (Å²) in [6, 6.07) is 3.56. The van der Waals surface area contributed by atoms with Crippen LogP contribution in [0.3, 0.4) is 0 Å². The van der Waals surface area contributed by atoms with Gasteiger partial charge in [-0.25, -0.2) is 0 Å². The molecule has 0 aromatic heterocycles. The lowest BCUT2D eigenvalue weighted by molar-refractivity contribution is -0.0500. The van der Waals surface area contributed by atoms with E-state index in [0.717, 1.165) is 25.6 Å². The first kappa shape index (κ1) is 19.7. The molecule has 5 nitrogen and oxygen atoms in total.